The van der Waals surface area contributed by atoms with Crippen molar-refractivity contribution >= 4 is 16.9 Å². The van der Waals surface area contributed by atoms with E-state index in [1.807, 2.05) is 13.0 Å². The molecule has 1 N–H and O–H groups in total. The normalized spacial score (nSPS) is 10.5. The number of carbonyl (C=O) groups is 1. The number of carbonyl (C=O) groups excluding carboxylic acids is 1. The van der Waals surface area contributed by atoms with E-state index in [4.69, 9.17) is 0 Å². The third-order valence-corrected chi connectivity index (χ3v) is 2.26. The molecule has 2 aromatic rings. The Balaban J connectivity index is 2.89. The highest BCUT2D eigenvalue weighted by Gasteiger charge is 2.05. The minimum absolute atomic E-state index is 0.340. The lowest BCUT2D eigenvalue weighted by Crippen LogP contribution is -2.29. The highest BCUT2D eigenvalue weighted by molar-refractivity contribution is 5.91. The maximum absolute atomic E-state index is 11.7. The first-order valence-corrected chi connectivity index (χ1v) is 4.43. The number of rotatable bonds is 1. The van der Waals surface area contributed by atoms with Crippen LogP contribution < -0.4 is 10.5 Å². The summed E-state index contributed by atoms with van der Waals surface area (Å²) in [6.07, 6.45) is 1.16. The number of H-pyrrole nitrogens is 1. The largest absolute Gasteiger partial charge is 0.545 e. The number of nitrogens with one attached hydrogen (secondary N) is 1. The molecule has 15 heavy (non-hydrogen) atoms. The molecule has 0 amide bonds. The van der Waals surface area contributed by atoms with Crippen molar-refractivity contribution in [3.63, 3.8) is 0 Å². The summed E-state index contributed by atoms with van der Waals surface area (Å²) in [5, 5.41) is 11.0. The molecule has 76 valence electrons. The Bertz CT molecular complexity index is 598. The van der Waals surface area contributed by atoms with Gasteiger partial charge < -0.3 is 14.9 Å². The first kappa shape index (κ1) is 9.45. The Morgan fingerprint density at radius 2 is 2.13 bits per heavy atom. The third kappa shape index (κ3) is 1.50. The number of carboxylic acid groups (broad SMARTS) is 1. The summed E-state index contributed by atoms with van der Waals surface area (Å²) in [6.45, 7) is 1.84. The van der Waals surface area contributed by atoms with Gasteiger partial charge in [-0.15, -0.1) is 0 Å². The van der Waals surface area contributed by atoms with Gasteiger partial charge in [-0.25, -0.2) is 0 Å². The average molecular weight is 202 g/mol. The van der Waals surface area contributed by atoms with Crippen LogP contribution >= 0.6 is 0 Å². The SMILES string of the molecule is Cc1ccc2[nH]cc(C(=O)[O-])c(=O)c2c1. The second kappa shape index (κ2) is 3.24. The molecule has 4 heteroatoms. The van der Waals surface area contributed by atoms with Crippen molar-refractivity contribution < 1.29 is 9.90 Å². The van der Waals surface area contributed by atoms with Crippen molar-refractivity contribution in [2.24, 2.45) is 0 Å². The Hall–Kier alpha value is -2.10. The monoisotopic (exact) mass is 202 g/mol. The van der Waals surface area contributed by atoms with Gasteiger partial charge in [-0.3, -0.25) is 4.79 Å². The summed E-state index contributed by atoms with van der Waals surface area (Å²) in [4.78, 5) is 25.0. The molecule has 0 saturated carbocycles. The fourth-order valence-corrected chi connectivity index (χ4v) is 1.48. The zero-order chi connectivity index (χ0) is 11.0. The number of carboxylic acids is 1. The molecule has 1 heterocycles. The molecular formula is C11H8NO3-. The van der Waals surface area contributed by atoms with E-state index in [9.17, 15) is 14.7 Å². The van der Waals surface area contributed by atoms with Crippen LogP contribution in [0.3, 0.4) is 0 Å². The number of benzene rings is 1. The molecule has 0 aliphatic rings. The Morgan fingerprint density at radius 3 is 2.80 bits per heavy atom. The molecule has 0 aliphatic carbocycles. The highest BCUT2D eigenvalue weighted by Crippen LogP contribution is 2.09. The fraction of sp³-hybridized carbons (Fsp3) is 0.0909. The van der Waals surface area contributed by atoms with Gasteiger partial charge in [0.15, 0.2) is 5.43 Å². The van der Waals surface area contributed by atoms with Crippen molar-refractivity contribution in [1.82, 2.24) is 4.98 Å². The molecule has 4 nitrogen and oxygen atoms in total. The number of aromatic amines is 1. The zero-order valence-corrected chi connectivity index (χ0v) is 8.03. The van der Waals surface area contributed by atoms with Crippen molar-refractivity contribution in [2.75, 3.05) is 0 Å². The van der Waals surface area contributed by atoms with E-state index < -0.39 is 11.4 Å². The quantitative estimate of drug-likeness (QED) is 0.717. The van der Waals surface area contributed by atoms with Gasteiger partial charge in [0.2, 0.25) is 0 Å². The maximum atomic E-state index is 11.7. The number of aromatic nitrogens is 1. The summed E-state index contributed by atoms with van der Waals surface area (Å²) in [7, 11) is 0. The van der Waals surface area contributed by atoms with E-state index >= 15 is 0 Å². The Morgan fingerprint density at radius 1 is 1.40 bits per heavy atom. The predicted octanol–water partition coefficient (Wildman–Crippen LogP) is 0.200. The lowest BCUT2D eigenvalue weighted by molar-refractivity contribution is -0.255. The smallest absolute Gasteiger partial charge is 0.198 e. The van der Waals surface area contributed by atoms with Crippen LogP contribution in [0.4, 0.5) is 0 Å². The lowest BCUT2D eigenvalue weighted by Gasteiger charge is -2.04. The molecule has 0 saturated heterocycles. The van der Waals surface area contributed by atoms with Crippen molar-refractivity contribution in [3.05, 3.63) is 45.7 Å². The third-order valence-electron chi connectivity index (χ3n) is 2.26. The highest BCUT2D eigenvalue weighted by atomic mass is 16.4. The summed E-state index contributed by atoms with van der Waals surface area (Å²) in [5.41, 5.74) is 0.680. The fourth-order valence-electron chi connectivity index (χ4n) is 1.48. The van der Waals surface area contributed by atoms with Crippen LogP contribution in [0.1, 0.15) is 15.9 Å². The van der Waals surface area contributed by atoms with Crippen LogP contribution in [0.15, 0.2) is 29.2 Å². The van der Waals surface area contributed by atoms with E-state index in [-0.39, 0.29) is 5.56 Å². The van der Waals surface area contributed by atoms with E-state index in [1.165, 1.54) is 0 Å². The molecule has 0 unspecified atom stereocenters. The number of pyridine rings is 1. The van der Waals surface area contributed by atoms with E-state index in [1.54, 1.807) is 12.1 Å². The van der Waals surface area contributed by atoms with Crippen LogP contribution in [0.5, 0.6) is 0 Å². The average Bonchev–Trinajstić information content (AvgIpc) is 2.19. The van der Waals surface area contributed by atoms with Crippen LogP contribution in [-0.4, -0.2) is 11.0 Å². The topological polar surface area (TPSA) is 73.0 Å². The molecule has 1 aromatic carbocycles. The van der Waals surface area contributed by atoms with Gasteiger partial charge in [0, 0.05) is 17.1 Å². The van der Waals surface area contributed by atoms with Crippen molar-refractivity contribution in [2.45, 2.75) is 6.92 Å². The first-order valence-electron chi connectivity index (χ1n) is 4.43. The van der Waals surface area contributed by atoms with Crippen LogP contribution in [0.25, 0.3) is 10.9 Å². The van der Waals surface area contributed by atoms with Crippen molar-refractivity contribution in [1.29, 1.82) is 0 Å². The minimum Gasteiger partial charge on any atom is -0.545 e. The second-order valence-electron chi connectivity index (χ2n) is 3.37. The molecule has 0 aliphatic heterocycles. The summed E-state index contributed by atoms with van der Waals surface area (Å²) in [5.74, 6) is -1.46. The predicted molar refractivity (Wildman–Crippen MR) is 53.6 cm³/mol. The molecule has 0 fully saturated rings. The van der Waals surface area contributed by atoms with E-state index in [0.717, 1.165) is 11.8 Å². The number of hydrogen-bond donors (Lipinski definition) is 1. The summed E-state index contributed by atoms with van der Waals surface area (Å²) >= 11 is 0. The van der Waals surface area contributed by atoms with Crippen molar-refractivity contribution in [3.8, 4) is 0 Å². The standard InChI is InChI=1S/C11H9NO3/c1-6-2-3-9-7(4-6)10(13)8(5-12-9)11(14)15/h2-5H,1H3,(H,12,13)(H,14,15)/p-1. The van der Waals surface area contributed by atoms with Gasteiger partial charge in [0.05, 0.1) is 11.5 Å². The van der Waals surface area contributed by atoms with E-state index in [0.29, 0.717) is 10.9 Å². The number of fused-ring (bicyclic) bond motifs is 1. The summed E-state index contributed by atoms with van der Waals surface area (Å²) < 4.78 is 0. The number of aryl methyl sites for hydroxylation is 1. The van der Waals surface area contributed by atoms with Gasteiger partial charge in [-0.2, -0.15) is 0 Å². The van der Waals surface area contributed by atoms with Gasteiger partial charge in [0.1, 0.15) is 0 Å². The van der Waals surface area contributed by atoms with Crippen LogP contribution in [-0.2, 0) is 0 Å². The minimum atomic E-state index is -1.46. The van der Waals surface area contributed by atoms with Gasteiger partial charge in [0.25, 0.3) is 0 Å². The zero-order valence-electron chi connectivity index (χ0n) is 8.03. The van der Waals surface area contributed by atoms with Crippen LogP contribution in [0.2, 0.25) is 0 Å². The number of hydrogen-bond acceptors (Lipinski definition) is 3. The molecule has 1 aromatic heterocycles. The van der Waals surface area contributed by atoms with E-state index in [2.05, 4.69) is 4.98 Å². The number of aromatic carboxylic acids is 1. The molecular weight excluding hydrogens is 194 g/mol. The molecule has 0 atom stereocenters. The van der Waals surface area contributed by atoms with Gasteiger partial charge in [-0.05, 0) is 19.1 Å². The molecule has 2 rings (SSSR count). The maximum Gasteiger partial charge on any atom is 0.198 e. The lowest BCUT2D eigenvalue weighted by atomic mass is 10.1. The first-order chi connectivity index (χ1) is 7.09. The summed E-state index contributed by atoms with van der Waals surface area (Å²) in [6, 6.07) is 5.24. The van der Waals surface area contributed by atoms with Gasteiger partial charge in [-0.1, -0.05) is 11.6 Å². The van der Waals surface area contributed by atoms with Gasteiger partial charge >= 0.3 is 0 Å². The van der Waals surface area contributed by atoms with Crippen LogP contribution in [0, 0.1) is 6.92 Å². The second-order valence-corrected chi connectivity index (χ2v) is 3.37. The molecule has 0 radical (unpaired) electrons. The Kier molecular flexibility index (Phi) is 2.04. The molecule has 0 spiro atoms. The molecule has 0 bridgehead atoms. The Labute approximate surface area is 85.2 Å².